The van der Waals surface area contributed by atoms with Gasteiger partial charge < -0.3 is 10.1 Å². The summed E-state index contributed by atoms with van der Waals surface area (Å²) in [5.74, 6) is 0.149. The maximum Gasteiger partial charge on any atom is 0.417 e. The second-order valence-electron chi connectivity index (χ2n) is 4.78. The van der Waals surface area contributed by atoms with Gasteiger partial charge in [-0.1, -0.05) is 13.8 Å². The van der Waals surface area contributed by atoms with Crippen LogP contribution in [0.3, 0.4) is 0 Å². The number of aromatic nitrogens is 2. The molecule has 0 aliphatic rings. The van der Waals surface area contributed by atoms with Crippen molar-refractivity contribution in [2.75, 3.05) is 6.54 Å². The lowest BCUT2D eigenvalue weighted by Crippen LogP contribution is -2.10. The fourth-order valence-corrected chi connectivity index (χ4v) is 2.13. The number of hydrogen-bond acceptors (Lipinski definition) is 2. The van der Waals surface area contributed by atoms with Crippen LogP contribution in [0.1, 0.15) is 36.7 Å². The number of fused-ring (bicyclic) bond motifs is 1. The van der Waals surface area contributed by atoms with Crippen LogP contribution in [0.4, 0.5) is 13.2 Å². The zero-order chi connectivity index (χ0) is 14.2. The minimum Gasteiger partial charge on any atom is -0.330 e. The largest absolute Gasteiger partial charge is 0.417 e. The quantitative estimate of drug-likeness (QED) is 0.932. The number of halogens is 3. The van der Waals surface area contributed by atoms with E-state index in [1.807, 2.05) is 13.8 Å². The van der Waals surface area contributed by atoms with Crippen LogP contribution in [0.15, 0.2) is 18.3 Å². The van der Waals surface area contributed by atoms with Gasteiger partial charge in [-0.2, -0.15) is 13.2 Å². The first-order valence-electron chi connectivity index (χ1n) is 6.12. The predicted molar refractivity (Wildman–Crippen MR) is 67.0 cm³/mol. The molecule has 0 spiro atoms. The van der Waals surface area contributed by atoms with Gasteiger partial charge in [-0.3, -0.25) is 0 Å². The minimum absolute atomic E-state index is 0.149. The molecule has 2 rings (SSSR count). The Bertz CT molecular complexity index is 585. The molecule has 0 saturated carbocycles. The highest BCUT2D eigenvalue weighted by Gasteiger charge is 2.31. The van der Waals surface area contributed by atoms with Crippen molar-refractivity contribution in [1.82, 2.24) is 9.38 Å². The van der Waals surface area contributed by atoms with Crippen molar-refractivity contribution >= 4 is 5.65 Å². The van der Waals surface area contributed by atoms with Gasteiger partial charge in [0.15, 0.2) is 0 Å². The number of pyridine rings is 1. The number of hydrogen-bond donors (Lipinski definition) is 1. The molecular weight excluding hydrogens is 255 g/mol. The third-order valence-corrected chi connectivity index (χ3v) is 3.00. The molecule has 3 nitrogen and oxygen atoms in total. The molecule has 2 N–H and O–H groups in total. The Morgan fingerprint density at radius 1 is 1.32 bits per heavy atom. The summed E-state index contributed by atoms with van der Waals surface area (Å²) in [6.07, 6.45) is -2.74. The van der Waals surface area contributed by atoms with E-state index in [0.29, 0.717) is 18.6 Å². The average molecular weight is 271 g/mol. The van der Waals surface area contributed by atoms with Gasteiger partial charge in [-0.25, -0.2) is 4.98 Å². The monoisotopic (exact) mass is 271 g/mol. The standard InChI is InChI=1S/C13H16F3N3/c1-8(2)12-10(5-6-17)19-7-9(13(14,15)16)3-4-11(19)18-12/h3-4,7-8H,5-6,17H2,1-2H3. The van der Waals surface area contributed by atoms with Gasteiger partial charge >= 0.3 is 6.18 Å². The number of alkyl halides is 3. The summed E-state index contributed by atoms with van der Waals surface area (Å²) < 4.78 is 39.7. The van der Waals surface area contributed by atoms with E-state index in [1.54, 1.807) is 0 Å². The molecule has 0 aliphatic carbocycles. The molecule has 2 aromatic rings. The Labute approximate surface area is 109 Å². The second kappa shape index (κ2) is 4.85. The lowest BCUT2D eigenvalue weighted by atomic mass is 10.1. The van der Waals surface area contributed by atoms with Gasteiger partial charge in [0.25, 0.3) is 0 Å². The first-order valence-corrected chi connectivity index (χ1v) is 6.12. The van der Waals surface area contributed by atoms with E-state index in [4.69, 9.17) is 5.73 Å². The Kier molecular flexibility index (Phi) is 3.54. The fourth-order valence-electron chi connectivity index (χ4n) is 2.13. The Balaban J connectivity index is 2.66. The first-order chi connectivity index (χ1) is 8.84. The molecule has 0 fully saturated rings. The van der Waals surface area contributed by atoms with Gasteiger partial charge in [-0.05, 0) is 24.6 Å². The van der Waals surface area contributed by atoms with Gasteiger partial charge in [0.05, 0.1) is 11.3 Å². The van der Waals surface area contributed by atoms with Crippen LogP contribution in [0, 0.1) is 0 Å². The van der Waals surface area contributed by atoms with E-state index >= 15 is 0 Å². The molecule has 2 heterocycles. The van der Waals surface area contributed by atoms with Crippen molar-refractivity contribution in [2.45, 2.75) is 32.4 Å². The van der Waals surface area contributed by atoms with Crippen LogP contribution in [0.25, 0.3) is 5.65 Å². The molecule has 0 amide bonds. The van der Waals surface area contributed by atoms with Gasteiger partial charge in [0.2, 0.25) is 0 Å². The Morgan fingerprint density at radius 2 is 2.00 bits per heavy atom. The van der Waals surface area contributed by atoms with Crippen molar-refractivity contribution in [3.05, 3.63) is 35.3 Å². The summed E-state index contributed by atoms with van der Waals surface area (Å²) in [6.45, 7) is 4.31. The topological polar surface area (TPSA) is 43.3 Å². The van der Waals surface area contributed by atoms with E-state index < -0.39 is 11.7 Å². The molecule has 0 saturated heterocycles. The molecule has 0 unspecified atom stereocenters. The summed E-state index contributed by atoms with van der Waals surface area (Å²) in [6, 6.07) is 2.45. The van der Waals surface area contributed by atoms with Crippen molar-refractivity contribution < 1.29 is 13.2 Å². The van der Waals surface area contributed by atoms with E-state index in [-0.39, 0.29) is 5.92 Å². The molecule has 19 heavy (non-hydrogen) atoms. The number of nitrogens with two attached hydrogens (primary N) is 1. The predicted octanol–water partition coefficient (Wildman–Crippen LogP) is 2.98. The van der Waals surface area contributed by atoms with Gasteiger partial charge in [0.1, 0.15) is 5.65 Å². The molecule has 104 valence electrons. The highest BCUT2D eigenvalue weighted by molar-refractivity contribution is 5.46. The third-order valence-electron chi connectivity index (χ3n) is 3.00. The van der Waals surface area contributed by atoms with Crippen LogP contribution >= 0.6 is 0 Å². The molecule has 6 heteroatoms. The number of nitrogens with zero attached hydrogens (tertiary/aromatic N) is 2. The van der Waals surface area contributed by atoms with E-state index in [9.17, 15) is 13.2 Å². The molecule has 0 aromatic carbocycles. The normalized spacial score (nSPS) is 12.6. The van der Waals surface area contributed by atoms with Crippen LogP contribution in [-0.4, -0.2) is 15.9 Å². The molecule has 0 atom stereocenters. The highest BCUT2D eigenvalue weighted by atomic mass is 19.4. The fraction of sp³-hybridized carbons (Fsp3) is 0.462. The zero-order valence-corrected chi connectivity index (χ0v) is 10.8. The average Bonchev–Trinajstić information content (AvgIpc) is 2.67. The number of imidazole rings is 1. The number of rotatable bonds is 3. The summed E-state index contributed by atoms with van der Waals surface area (Å²) in [7, 11) is 0. The molecule has 0 aliphatic heterocycles. The van der Waals surface area contributed by atoms with Crippen molar-refractivity contribution in [3.8, 4) is 0 Å². The summed E-state index contributed by atoms with van der Waals surface area (Å²) in [4.78, 5) is 4.39. The summed E-state index contributed by atoms with van der Waals surface area (Å²) in [5.41, 5.74) is 6.97. The van der Waals surface area contributed by atoms with Crippen molar-refractivity contribution in [2.24, 2.45) is 5.73 Å². The lowest BCUT2D eigenvalue weighted by Gasteiger charge is -2.09. The maximum absolute atomic E-state index is 12.7. The van der Waals surface area contributed by atoms with E-state index in [2.05, 4.69) is 4.98 Å². The van der Waals surface area contributed by atoms with Crippen LogP contribution in [-0.2, 0) is 12.6 Å². The van der Waals surface area contributed by atoms with Gasteiger partial charge in [-0.15, -0.1) is 0 Å². The third kappa shape index (κ3) is 2.58. The van der Waals surface area contributed by atoms with Crippen molar-refractivity contribution in [3.63, 3.8) is 0 Å². The highest BCUT2D eigenvalue weighted by Crippen LogP contribution is 2.30. The smallest absolute Gasteiger partial charge is 0.330 e. The van der Waals surface area contributed by atoms with Gasteiger partial charge in [0, 0.05) is 18.3 Å². The molecule has 0 bridgehead atoms. The van der Waals surface area contributed by atoms with E-state index in [1.165, 1.54) is 10.5 Å². The first kappa shape index (κ1) is 13.9. The van der Waals surface area contributed by atoms with E-state index in [0.717, 1.165) is 23.7 Å². The van der Waals surface area contributed by atoms with Crippen LogP contribution in [0.2, 0.25) is 0 Å². The van der Waals surface area contributed by atoms with Crippen molar-refractivity contribution in [1.29, 1.82) is 0 Å². The lowest BCUT2D eigenvalue weighted by molar-refractivity contribution is -0.137. The van der Waals surface area contributed by atoms with Crippen LogP contribution in [0.5, 0.6) is 0 Å². The Hall–Kier alpha value is -1.56. The second-order valence-corrected chi connectivity index (χ2v) is 4.78. The molecular formula is C13H16F3N3. The summed E-state index contributed by atoms with van der Waals surface area (Å²) in [5, 5.41) is 0. The Morgan fingerprint density at radius 3 is 2.53 bits per heavy atom. The summed E-state index contributed by atoms with van der Waals surface area (Å²) >= 11 is 0. The van der Waals surface area contributed by atoms with Crippen LogP contribution < -0.4 is 5.73 Å². The molecule has 0 radical (unpaired) electrons. The maximum atomic E-state index is 12.7. The minimum atomic E-state index is -4.35. The SMILES string of the molecule is CC(C)c1nc2ccc(C(F)(F)F)cn2c1CCN. The zero-order valence-electron chi connectivity index (χ0n) is 10.8. The molecule has 2 aromatic heterocycles.